The number of hydrogen-bond donors (Lipinski definition) is 1. The van der Waals surface area contributed by atoms with E-state index < -0.39 is 12.1 Å². The second kappa shape index (κ2) is 19.6. The van der Waals surface area contributed by atoms with Gasteiger partial charge in [0.25, 0.3) is 0 Å². The summed E-state index contributed by atoms with van der Waals surface area (Å²) in [5.74, 6) is -0.343. The Hall–Kier alpha value is -3.46. The molecule has 0 spiro atoms. The van der Waals surface area contributed by atoms with Crippen molar-refractivity contribution in [2.24, 2.45) is 0 Å². The van der Waals surface area contributed by atoms with Crippen molar-refractivity contribution in [1.29, 1.82) is 0 Å². The molecule has 1 aromatic heterocycles. The molecule has 0 bridgehead atoms. The van der Waals surface area contributed by atoms with Crippen molar-refractivity contribution >= 4 is 23.0 Å². The topological polar surface area (TPSA) is 109 Å². The van der Waals surface area contributed by atoms with Crippen LogP contribution in [0, 0.1) is 5.21 Å². The highest BCUT2D eigenvalue weighted by Gasteiger charge is 2.25. The second-order valence-electron chi connectivity index (χ2n) is 11.0. The molecule has 9 nitrogen and oxygen atoms in total. The molecule has 230 valence electrons. The molecule has 0 fully saturated rings. The smallest absolute Gasteiger partial charge is 0.407 e. The van der Waals surface area contributed by atoms with Crippen LogP contribution in [0.3, 0.4) is 0 Å². The fourth-order valence-corrected chi connectivity index (χ4v) is 5.20. The number of para-hydroxylation sites is 2. The summed E-state index contributed by atoms with van der Waals surface area (Å²) in [6.07, 6.45) is 16.0. The first-order valence-electron chi connectivity index (χ1n) is 15.7. The first kappa shape index (κ1) is 33.0. The van der Waals surface area contributed by atoms with Crippen LogP contribution in [-0.4, -0.2) is 41.7 Å². The minimum atomic E-state index is -0.559. The van der Waals surface area contributed by atoms with E-state index in [1.54, 1.807) is 31.4 Å². The van der Waals surface area contributed by atoms with E-state index in [-0.39, 0.29) is 18.9 Å². The van der Waals surface area contributed by atoms with E-state index in [0.29, 0.717) is 22.3 Å². The number of nitrogens with zero attached hydrogens (tertiary/aromatic N) is 3. The summed E-state index contributed by atoms with van der Waals surface area (Å²) in [7, 11) is 1.76. The Morgan fingerprint density at radius 3 is 2.05 bits per heavy atom. The first-order chi connectivity index (χ1) is 20.6. The van der Waals surface area contributed by atoms with Gasteiger partial charge in [-0.1, -0.05) is 124 Å². The van der Waals surface area contributed by atoms with Crippen molar-refractivity contribution in [3.05, 3.63) is 65.4 Å². The summed E-state index contributed by atoms with van der Waals surface area (Å²) < 4.78 is 11.6. The van der Waals surface area contributed by atoms with Crippen LogP contribution in [0.5, 0.6) is 0 Å². The van der Waals surface area contributed by atoms with Gasteiger partial charge in [-0.25, -0.2) is 9.59 Å². The minimum absolute atomic E-state index is 0.0263. The SMILES string of the molecule is COCCCCCCCCCCCCCCC[C@H](CC(=O)n1n[n+]([O-])c2ccccc21)NC(=O)OCc1ccccc1. The Labute approximate surface area is 250 Å². The van der Waals surface area contributed by atoms with Gasteiger partial charge in [0.15, 0.2) is 0 Å². The molecule has 1 N–H and O–H groups in total. The van der Waals surface area contributed by atoms with Crippen LogP contribution in [0.25, 0.3) is 11.0 Å². The van der Waals surface area contributed by atoms with E-state index in [9.17, 15) is 14.8 Å². The molecule has 0 aliphatic heterocycles. The molecule has 0 unspecified atom stereocenters. The zero-order valence-electron chi connectivity index (χ0n) is 25.2. The number of benzene rings is 2. The van der Waals surface area contributed by atoms with Crippen molar-refractivity contribution in [3.63, 3.8) is 0 Å². The number of amides is 1. The Morgan fingerprint density at radius 1 is 0.833 bits per heavy atom. The number of alkyl carbamates (subject to hydrolysis) is 1. The number of methoxy groups -OCH3 is 1. The Kier molecular flexibility index (Phi) is 15.4. The van der Waals surface area contributed by atoms with Gasteiger partial charge in [0.05, 0.1) is 6.42 Å². The second-order valence-corrected chi connectivity index (χ2v) is 11.0. The summed E-state index contributed by atoms with van der Waals surface area (Å²) in [5, 5.41) is 18.9. The van der Waals surface area contributed by atoms with Gasteiger partial charge >= 0.3 is 12.0 Å². The van der Waals surface area contributed by atoms with Gasteiger partial charge in [0.1, 0.15) is 11.8 Å². The Bertz CT molecular complexity index is 1180. The van der Waals surface area contributed by atoms with Gasteiger partial charge in [-0.15, -0.1) is 4.85 Å². The van der Waals surface area contributed by atoms with E-state index in [4.69, 9.17) is 9.47 Å². The van der Waals surface area contributed by atoms with Gasteiger partial charge in [0, 0.05) is 19.8 Å². The zero-order valence-corrected chi connectivity index (χ0v) is 25.2. The van der Waals surface area contributed by atoms with Crippen LogP contribution in [0.15, 0.2) is 54.6 Å². The lowest BCUT2D eigenvalue weighted by Gasteiger charge is -2.17. The summed E-state index contributed by atoms with van der Waals surface area (Å²) in [4.78, 5) is 26.2. The maximum absolute atomic E-state index is 13.2. The fourth-order valence-electron chi connectivity index (χ4n) is 5.20. The van der Waals surface area contributed by atoms with Crippen LogP contribution in [-0.2, 0) is 16.1 Å². The summed E-state index contributed by atoms with van der Waals surface area (Å²) >= 11 is 0. The summed E-state index contributed by atoms with van der Waals surface area (Å²) in [5.41, 5.74) is 1.67. The number of carbonyl (C=O) groups excluding carboxylic acids is 2. The Morgan fingerprint density at radius 2 is 1.40 bits per heavy atom. The molecule has 0 aliphatic carbocycles. The van der Waals surface area contributed by atoms with E-state index in [1.165, 1.54) is 64.2 Å². The van der Waals surface area contributed by atoms with Crippen molar-refractivity contribution in [3.8, 4) is 0 Å². The molecule has 0 aliphatic rings. The van der Waals surface area contributed by atoms with Crippen LogP contribution in [0.4, 0.5) is 4.79 Å². The molecular formula is C33H48N4O5. The van der Waals surface area contributed by atoms with E-state index in [1.807, 2.05) is 30.3 Å². The van der Waals surface area contributed by atoms with Crippen LogP contribution < -0.4 is 10.2 Å². The standard InChI is InChI=1S/C33H48N4O5/c1-41-25-19-12-10-8-6-4-2-3-5-7-9-11-16-22-29(34-33(39)42-27-28-20-14-13-15-21-28)26-32(38)36-30-23-17-18-24-31(30)37(40)35-36/h13-15,17-18,20-21,23-24,29H,2-12,16,19,22,25-27H2,1H3,(H,34,39)/t29-/m1/s1. The molecule has 2 aromatic carbocycles. The maximum atomic E-state index is 13.2. The quantitative estimate of drug-likeness (QED) is 0.0817. The van der Waals surface area contributed by atoms with Gasteiger partial charge in [-0.05, 0) is 30.5 Å². The number of fused-ring (bicyclic) bond motifs is 1. The lowest BCUT2D eigenvalue weighted by Crippen LogP contribution is -2.38. The summed E-state index contributed by atoms with van der Waals surface area (Å²) in [6.45, 7) is 1.03. The third-order valence-electron chi connectivity index (χ3n) is 7.58. The van der Waals surface area contributed by atoms with Crippen LogP contribution in [0.1, 0.15) is 107 Å². The third-order valence-corrected chi connectivity index (χ3v) is 7.58. The first-order valence-corrected chi connectivity index (χ1v) is 15.7. The molecule has 1 atom stereocenters. The number of rotatable bonds is 21. The largest absolute Gasteiger partial charge is 0.691 e. The number of hydrogen-bond acceptors (Lipinski definition) is 6. The number of carbonyl (C=O) groups is 2. The highest BCUT2D eigenvalue weighted by atomic mass is 16.5. The lowest BCUT2D eigenvalue weighted by molar-refractivity contribution is -0.645. The molecule has 0 saturated carbocycles. The highest BCUT2D eigenvalue weighted by Crippen LogP contribution is 2.16. The molecule has 1 amide bonds. The van der Waals surface area contributed by atoms with E-state index >= 15 is 0 Å². The van der Waals surface area contributed by atoms with Gasteiger partial charge in [-0.2, -0.15) is 0 Å². The minimum Gasteiger partial charge on any atom is -0.691 e. The lowest BCUT2D eigenvalue weighted by atomic mass is 10.0. The molecular weight excluding hydrogens is 532 g/mol. The Balaban J connectivity index is 1.38. The number of nitrogens with one attached hydrogen (secondary N) is 1. The summed E-state index contributed by atoms with van der Waals surface area (Å²) in [6, 6.07) is 15.9. The van der Waals surface area contributed by atoms with Crippen molar-refractivity contribution in [2.75, 3.05) is 13.7 Å². The number of unbranched alkanes of at least 4 members (excludes halogenated alkanes) is 12. The van der Waals surface area contributed by atoms with E-state index in [0.717, 1.165) is 36.1 Å². The molecule has 3 rings (SSSR count). The molecule has 42 heavy (non-hydrogen) atoms. The molecule has 9 heteroatoms. The zero-order chi connectivity index (χ0) is 29.8. The van der Waals surface area contributed by atoms with Gasteiger partial charge < -0.3 is 20.0 Å². The molecule has 0 saturated heterocycles. The molecule has 1 heterocycles. The van der Waals surface area contributed by atoms with Crippen molar-refractivity contribution in [2.45, 2.75) is 109 Å². The number of ether oxygens (including phenoxy) is 2. The normalized spacial score (nSPS) is 11.9. The van der Waals surface area contributed by atoms with Crippen LogP contribution in [0.2, 0.25) is 0 Å². The average molecular weight is 581 g/mol. The van der Waals surface area contributed by atoms with Crippen LogP contribution >= 0.6 is 0 Å². The van der Waals surface area contributed by atoms with Gasteiger partial charge in [0.2, 0.25) is 11.0 Å². The molecule has 3 aromatic rings. The average Bonchev–Trinajstić information content (AvgIpc) is 3.35. The van der Waals surface area contributed by atoms with E-state index in [2.05, 4.69) is 10.5 Å². The predicted octanol–water partition coefficient (Wildman–Crippen LogP) is 7.10. The van der Waals surface area contributed by atoms with Crippen molar-refractivity contribution < 1.29 is 23.9 Å². The number of aromatic nitrogens is 3. The molecule has 0 radical (unpaired) electrons. The maximum Gasteiger partial charge on any atom is 0.407 e. The monoisotopic (exact) mass is 580 g/mol. The fraction of sp³-hybridized carbons (Fsp3) is 0.576. The van der Waals surface area contributed by atoms with Crippen molar-refractivity contribution in [1.82, 2.24) is 15.2 Å². The highest BCUT2D eigenvalue weighted by molar-refractivity contribution is 5.88. The predicted molar refractivity (Wildman–Crippen MR) is 164 cm³/mol. The third kappa shape index (κ3) is 12.2. The van der Waals surface area contributed by atoms with Gasteiger partial charge in [-0.3, -0.25) is 0 Å².